The summed E-state index contributed by atoms with van der Waals surface area (Å²) in [6, 6.07) is 7.04. The molecule has 0 aromatic heterocycles. The zero-order valence-electron chi connectivity index (χ0n) is 8.62. The fraction of sp³-hybridized carbons (Fsp3) is 0.538. The summed E-state index contributed by atoms with van der Waals surface area (Å²) < 4.78 is 5.35. The van der Waals surface area contributed by atoms with E-state index in [1.54, 1.807) is 5.56 Å². The van der Waals surface area contributed by atoms with E-state index in [9.17, 15) is 0 Å². The molecule has 0 bridgehead atoms. The Morgan fingerprint density at radius 3 is 2.50 bits per heavy atom. The Kier molecular flexibility index (Phi) is 1.88. The van der Waals surface area contributed by atoms with Crippen LogP contribution >= 0.6 is 0 Å². The number of epoxide rings is 1. The molecule has 0 radical (unpaired) electrons. The first-order valence-corrected chi connectivity index (χ1v) is 5.62. The van der Waals surface area contributed by atoms with Gasteiger partial charge >= 0.3 is 0 Å². The van der Waals surface area contributed by atoms with Crippen LogP contribution in [0.2, 0.25) is 0 Å². The normalized spacial score (nSPS) is 25.1. The molecule has 3 rings (SSSR count). The molecule has 1 atom stereocenters. The van der Waals surface area contributed by atoms with Crippen molar-refractivity contribution in [2.45, 2.75) is 38.2 Å². The predicted molar refractivity (Wildman–Crippen MR) is 56.5 cm³/mol. The number of benzene rings is 1. The zero-order valence-corrected chi connectivity index (χ0v) is 8.62. The Bertz CT molecular complexity index is 318. The molecule has 1 saturated heterocycles. The molecular weight excluding hydrogens is 172 g/mol. The Balaban J connectivity index is 1.97. The van der Waals surface area contributed by atoms with Gasteiger partial charge in [0.15, 0.2) is 0 Å². The van der Waals surface area contributed by atoms with Crippen LogP contribution in [0, 0.1) is 0 Å². The van der Waals surface area contributed by atoms with Crippen molar-refractivity contribution in [1.29, 1.82) is 0 Å². The minimum absolute atomic E-state index is 0.416. The minimum Gasteiger partial charge on any atom is -0.368 e. The van der Waals surface area contributed by atoms with Crippen molar-refractivity contribution in [3.05, 3.63) is 34.9 Å². The lowest BCUT2D eigenvalue weighted by molar-refractivity contribution is 0.415. The van der Waals surface area contributed by atoms with Gasteiger partial charge in [0.05, 0.1) is 6.61 Å². The van der Waals surface area contributed by atoms with Crippen LogP contribution in [0.3, 0.4) is 0 Å². The number of ether oxygens (including phenoxy) is 1. The van der Waals surface area contributed by atoms with E-state index in [1.165, 1.54) is 24.0 Å². The van der Waals surface area contributed by atoms with E-state index in [0.29, 0.717) is 6.10 Å². The largest absolute Gasteiger partial charge is 0.368 e. The van der Waals surface area contributed by atoms with Gasteiger partial charge < -0.3 is 4.74 Å². The van der Waals surface area contributed by atoms with Gasteiger partial charge in [-0.15, -0.1) is 0 Å². The fourth-order valence-electron chi connectivity index (χ4n) is 2.03. The average Bonchev–Trinajstić information content (AvgIpc) is 3.07. The van der Waals surface area contributed by atoms with E-state index >= 15 is 0 Å². The molecule has 2 aliphatic rings. The molecule has 74 valence electrons. The topological polar surface area (TPSA) is 12.5 Å². The first kappa shape index (κ1) is 8.49. The lowest BCUT2D eigenvalue weighted by Crippen LogP contribution is -1.90. The van der Waals surface area contributed by atoms with Crippen LogP contribution in [0.25, 0.3) is 0 Å². The predicted octanol–water partition coefficient (Wildman–Crippen LogP) is 3.20. The average molecular weight is 188 g/mol. The van der Waals surface area contributed by atoms with E-state index in [-0.39, 0.29) is 0 Å². The summed E-state index contributed by atoms with van der Waals surface area (Å²) in [5, 5.41) is 0. The standard InChI is InChI=1S/C13H16O/c1-2-9-5-11(10-3-4-10)7-12(6-9)13-8-14-13/h5-7,10,13H,2-4,8H2,1H3. The second kappa shape index (κ2) is 3.09. The maximum Gasteiger partial charge on any atom is 0.106 e. The van der Waals surface area contributed by atoms with E-state index in [1.807, 2.05) is 0 Å². The highest BCUT2D eigenvalue weighted by Crippen LogP contribution is 2.42. The number of hydrogen-bond acceptors (Lipinski definition) is 1. The molecule has 1 aliphatic carbocycles. The van der Waals surface area contributed by atoms with Gasteiger partial charge in [-0.1, -0.05) is 25.1 Å². The van der Waals surface area contributed by atoms with Gasteiger partial charge in [0.25, 0.3) is 0 Å². The maximum atomic E-state index is 5.35. The van der Waals surface area contributed by atoms with Crippen LogP contribution in [-0.4, -0.2) is 6.61 Å². The molecule has 1 unspecified atom stereocenters. The molecular formula is C13H16O. The van der Waals surface area contributed by atoms with Crippen molar-refractivity contribution in [3.8, 4) is 0 Å². The van der Waals surface area contributed by atoms with Crippen molar-refractivity contribution in [2.75, 3.05) is 6.61 Å². The number of hydrogen-bond donors (Lipinski definition) is 0. The molecule has 0 amide bonds. The Morgan fingerprint density at radius 2 is 1.93 bits per heavy atom. The van der Waals surface area contributed by atoms with Gasteiger partial charge in [-0.05, 0) is 41.9 Å². The smallest absolute Gasteiger partial charge is 0.106 e. The molecule has 1 aromatic carbocycles. The molecule has 1 heterocycles. The van der Waals surface area contributed by atoms with Gasteiger partial charge in [-0.3, -0.25) is 0 Å². The molecule has 0 N–H and O–H groups in total. The lowest BCUT2D eigenvalue weighted by atomic mass is 10.00. The van der Waals surface area contributed by atoms with Crippen LogP contribution < -0.4 is 0 Å². The maximum absolute atomic E-state index is 5.35. The minimum atomic E-state index is 0.416. The van der Waals surface area contributed by atoms with Gasteiger partial charge in [-0.25, -0.2) is 0 Å². The van der Waals surface area contributed by atoms with Crippen LogP contribution in [0.15, 0.2) is 18.2 Å². The van der Waals surface area contributed by atoms with E-state index < -0.39 is 0 Å². The highest BCUT2D eigenvalue weighted by Gasteiger charge is 2.28. The summed E-state index contributed by atoms with van der Waals surface area (Å²) in [5.74, 6) is 0.860. The van der Waals surface area contributed by atoms with Gasteiger partial charge in [0.1, 0.15) is 6.10 Å². The first-order chi connectivity index (χ1) is 6.86. The zero-order chi connectivity index (χ0) is 9.54. The summed E-state index contributed by atoms with van der Waals surface area (Å²) >= 11 is 0. The van der Waals surface area contributed by atoms with Crippen molar-refractivity contribution < 1.29 is 4.74 Å². The summed E-state index contributed by atoms with van der Waals surface area (Å²) in [5.41, 5.74) is 4.43. The Labute approximate surface area is 85.1 Å². The lowest BCUT2D eigenvalue weighted by Gasteiger charge is -2.06. The summed E-state index contributed by atoms with van der Waals surface area (Å²) in [4.78, 5) is 0. The molecule has 14 heavy (non-hydrogen) atoms. The molecule has 2 fully saturated rings. The van der Waals surface area contributed by atoms with Crippen molar-refractivity contribution >= 4 is 0 Å². The van der Waals surface area contributed by atoms with E-state index in [2.05, 4.69) is 25.1 Å². The van der Waals surface area contributed by atoms with Gasteiger partial charge in [0.2, 0.25) is 0 Å². The second-order valence-electron chi connectivity index (χ2n) is 4.46. The van der Waals surface area contributed by atoms with Gasteiger partial charge in [-0.2, -0.15) is 0 Å². The monoisotopic (exact) mass is 188 g/mol. The van der Waals surface area contributed by atoms with E-state index in [0.717, 1.165) is 18.9 Å². The van der Waals surface area contributed by atoms with Crippen LogP contribution in [0.1, 0.15) is 48.5 Å². The third kappa shape index (κ3) is 1.57. The van der Waals surface area contributed by atoms with E-state index in [4.69, 9.17) is 4.74 Å². The molecule has 1 saturated carbocycles. The molecule has 1 aromatic rings. The molecule has 1 aliphatic heterocycles. The summed E-state index contributed by atoms with van der Waals surface area (Å²) in [6.45, 7) is 3.15. The Hall–Kier alpha value is -0.820. The quantitative estimate of drug-likeness (QED) is 0.664. The SMILES string of the molecule is CCc1cc(C2CC2)cc(C2CO2)c1. The van der Waals surface area contributed by atoms with Gasteiger partial charge in [0, 0.05) is 0 Å². The van der Waals surface area contributed by atoms with Crippen molar-refractivity contribution in [3.63, 3.8) is 0 Å². The highest BCUT2D eigenvalue weighted by molar-refractivity contribution is 5.36. The molecule has 1 heteroatoms. The van der Waals surface area contributed by atoms with Crippen LogP contribution in [0.4, 0.5) is 0 Å². The first-order valence-electron chi connectivity index (χ1n) is 5.62. The van der Waals surface area contributed by atoms with Crippen LogP contribution in [0.5, 0.6) is 0 Å². The summed E-state index contributed by atoms with van der Waals surface area (Å²) in [6.07, 6.45) is 4.33. The molecule has 1 nitrogen and oxygen atoms in total. The third-order valence-corrected chi connectivity index (χ3v) is 3.20. The van der Waals surface area contributed by atoms with Crippen LogP contribution in [-0.2, 0) is 11.2 Å². The number of aryl methyl sites for hydroxylation is 1. The third-order valence-electron chi connectivity index (χ3n) is 3.20. The second-order valence-corrected chi connectivity index (χ2v) is 4.46. The Morgan fingerprint density at radius 1 is 1.21 bits per heavy atom. The fourth-order valence-corrected chi connectivity index (χ4v) is 2.03. The highest BCUT2D eigenvalue weighted by atomic mass is 16.6. The number of rotatable bonds is 3. The van der Waals surface area contributed by atoms with Crippen molar-refractivity contribution in [1.82, 2.24) is 0 Å². The molecule has 0 spiro atoms. The summed E-state index contributed by atoms with van der Waals surface area (Å²) in [7, 11) is 0. The van der Waals surface area contributed by atoms with Crippen molar-refractivity contribution in [2.24, 2.45) is 0 Å².